The van der Waals surface area contributed by atoms with Crippen LogP contribution >= 0.6 is 0 Å². The van der Waals surface area contributed by atoms with Crippen LogP contribution in [-0.2, 0) is 131 Å². The molecule has 0 bridgehead atoms. The van der Waals surface area contributed by atoms with E-state index >= 15 is 0 Å². The van der Waals surface area contributed by atoms with E-state index in [2.05, 4.69) is 51.1 Å². The van der Waals surface area contributed by atoms with Gasteiger partial charge in [-0.1, -0.05) is 184 Å². The summed E-state index contributed by atoms with van der Waals surface area (Å²) in [7, 11) is 0. The van der Waals surface area contributed by atoms with Gasteiger partial charge in [0.05, 0.1) is 13.2 Å². The van der Waals surface area contributed by atoms with Crippen LogP contribution in [0.3, 0.4) is 0 Å². The fourth-order valence-electron chi connectivity index (χ4n) is 13.7. The number of phenols is 3. The first-order chi connectivity index (χ1) is 50.5. The molecule has 3 aliphatic rings. The van der Waals surface area contributed by atoms with Crippen molar-refractivity contribution in [2.45, 2.75) is 112 Å². The fourth-order valence-corrected chi connectivity index (χ4v) is 13.7. The molecule has 0 aliphatic heterocycles. The van der Waals surface area contributed by atoms with Crippen LogP contribution in [0.4, 0.5) is 39.5 Å². The van der Waals surface area contributed by atoms with Gasteiger partial charge in [0.1, 0.15) is 17.4 Å². The summed E-state index contributed by atoms with van der Waals surface area (Å²) in [5.41, 5.74) is 13.0. The largest absolute Gasteiger partial charge is 0.508 e. The van der Waals surface area contributed by atoms with Crippen molar-refractivity contribution in [1.82, 2.24) is 0 Å². The number of aryl methyl sites for hydroxylation is 3. The Labute approximate surface area is 736 Å². The Bertz CT molecular complexity index is 4540. The van der Waals surface area contributed by atoms with Gasteiger partial charge in [0.15, 0.2) is 40.4 Å². The second-order valence-corrected chi connectivity index (χ2v) is 28.1. The Kier molecular flexibility index (Phi) is 38.2. The summed E-state index contributed by atoms with van der Waals surface area (Å²) in [6.07, 6.45) is 14.7. The maximum absolute atomic E-state index is 14.6. The first-order valence-corrected chi connectivity index (χ1v) is 35.9. The first-order valence-electron chi connectivity index (χ1n) is 35.9. The van der Waals surface area contributed by atoms with Crippen LogP contribution in [0.25, 0.3) is 66.8 Å². The van der Waals surface area contributed by atoms with E-state index in [1.807, 2.05) is 135 Å². The van der Waals surface area contributed by atoms with E-state index in [-0.39, 0.29) is 159 Å². The SMILES string of the molecule is CC1CCC(C2CCC(COc3ccc(O)c(F)c3F)CC2)CC1.CC1CCC(COc2ccc(O)c(F)c2F)CC1.Cc1ccc(-c2ccc(-c3cc[c-]cc3)cc2)c(F)c1.Cc1ccc(-c2ccc(-c3ccc(-c4cc(F)c(F)c(F)c4)c(F)c3)cc2)cc1.Cc1ccc(-c2ccc(O)cc2)cc1.[Y].[Y].[Y].[Y]. The summed E-state index contributed by atoms with van der Waals surface area (Å²) in [5, 5.41) is 27.3. The molecule has 18 heteroatoms. The van der Waals surface area contributed by atoms with Crippen molar-refractivity contribution in [1.29, 1.82) is 0 Å². The minimum Gasteiger partial charge on any atom is -0.508 e. The number of hydrogen-bond donors (Lipinski definition) is 3. The molecule has 14 rings (SSSR count). The molecule has 0 unspecified atom stereocenters. The third kappa shape index (κ3) is 26.7. The summed E-state index contributed by atoms with van der Waals surface area (Å²) >= 11 is 0. The minimum absolute atomic E-state index is 0. The number of ether oxygens (including phenoxy) is 2. The van der Waals surface area contributed by atoms with Crippen LogP contribution in [-0.4, -0.2) is 28.5 Å². The van der Waals surface area contributed by atoms with Crippen molar-refractivity contribution in [2.24, 2.45) is 35.5 Å². The van der Waals surface area contributed by atoms with Gasteiger partial charge < -0.3 is 24.8 Å². The van der Waals surface area contributed by atoms with Gasteiger partial charge in [-0.3, -0.25) is 0 Å². The van der Waals surface area contributed by atoms with E-state index in [1.54, 1.807) is 24.3 Å². The molecule has 109 heavy (non-hydrogen) atoms. The first kappa shape index (κ1) is 92.1. The molecule has 5 nitrogen and oxygen atoms in total. The zero-order chi connectivity index (χ0) is 74.7. The molecule has 558 valence electrons. The standard InChI is InChI=1S/C25H16F4.C20H28F2O2.C19H14F.C14H18F2O2.C13H12O.4Y/c1-15-2-4-16(5-3-15)17-6-8-18(9-7-17)19-10-11-21(22(26)12-19)20-13-23(27)25(29)24(28)14-20;1-13-2-6-15(7-3-13)16-8-4-14(5-9-16)12-24-18-11-10-17(23)19(21)20(18)22;1-14-7-12-18(19(20)13-14)17-10-8-16(9-11-17)15-5-3-2-4-6-15;1-9-2-4-10(5-3-9)8-18-12-7-6-11(17)13(15)14(12)16;1-10-2-4-11(5-3-10)12-6-8-13(14)9-7-12;;;;/h2-14H,1H3;10-11,13-16,23H,2-9,12H2,1H3;3-13H,1H3;6-7,9-10,17H,2-5,8H2,1H3;2-9,14H,1H3;;;;/q;;-1;;;;;;. The molecule has 0 amide bonds. The number of hydrogen-bond acceptors (Lipinski definition) is 5. The van der Waals surface area contributed by atoms with E-state index in [4.69, 9.17) is 24.8 Å². The number of halogens is 9. The Morgan fingerprint density at radius 2 is 0.615 bits per heavy atom. The molecule has 0 aromatic heterocycles. The Hall–Kier alpha value is -5.79. The molecule has 3 fully saturated rings. The predicted octanol–water partition coefficient (Wildman–Crippen LogP) is 25.7. The molecule has 0 heterocycles. The summed E-state index contributed by atoms with van der Waals surface area (Å²) < 4.78 is 133. The predicted molar refractivity (Wildman–Crippen MR) is 401 cm³/mol. The minimum atomic E-state index is -1.57. The van der Waals surface area contributed by atoms with Crippen LogP contribution in [0, 0.1) is 115 Å². The second kappa shape index (κ2) is 45.2. The molecule has 3 aliphatic carbocycles. The maximum atomic E-state index is 14.6. The normalized spacial score (nSPS) is 16.9. The van der Waals surface area contributed by atoms with Gasteiger partial charge >= 0.3 is 0 Å². The van der Waals surface area contributed by atoms with Crippen molar-refractivity contribution < 1.29 is 195 Å². The van der Waals surface area contributed by atoms with E-state index in [0.717, 1.165) is 118 Å². The van der Waals surface area contributed by atoms with Gasteiger partial charge in [-0.15, -0.1) is 5.56 Å². The van der Waals surface area contributed by atoms with Gasteiger partial charge in [-0.05, 0) is 224 Å². The van der Waals surface area contributed by atoms with Gasteiger partial charge in [0.25, 0.3) is 0 Å². The molecule has 11 aromatic carbocycles. The van der Waals surface area contributed by atoms with Crippen molar-refractivity contribution in [3.8, 4) is 95.5 Å². The van der Waals surface area contributed by atoms with E-state index in [9.17, 15) is 39.5 Å². The van der Waals surface area contributed by atoms with Crippen LogP contribution in [0.2, 0.25) is 0 Å². The van der Waals surface area contributed by atoms with Crippen molar-refractivity contribution >= 4 is 0 Å². The number of rotatable bonds is 13. The van der Waals surface area contributed by atoms with Crippen molar-refractivity contribution in [3.05, 3.63) is 294 Å². The van der Waals surface area contributed by atoms with E-state index < -0.39 is 58.0 Å². The molecule has 11 aromatic rings. The Morgan fingerprint density at radius 3 is 1.04 bits per heavy atom. The maximum Gasteiger partial charge on any atom is 0.204 e. The number of benzene rings is 11. The third-order valence-corrected chi connectivity index (χ3v) is 20.2. The Morgan fingerprint density at radius 1 is 0.303 bits per heavy atom. The van der Waals surface area contributed by atoms with Gasteiger partial charge in [-0.2, -0.15) is 47.9 Å². The zero-order valence-electron chi connectivity index (χ0n) is 62.0. The number of aromatic hydroxyl groups is 3. The van der Waals surface area contributed by atoms with Crippen molar-refractivity contribution in [2.75, 3.05) is 13.2 Å². The van der Waals surface area contributed by atoms with Gasteiger partial charge in [0, 0.05) is 142 Å². The zero-order valence-corrected chi connectivity index (χ0v) is 73.4. The molecule has 0 atom stereocenters. The summed E-state index contributed by atoms with van der Waals surface area (Å²) in [5.74, 6) is -6.84. The molecule has 4 radical (unpaired) electrons. The van der Waals surface area contributed by atoms with Gasteiger partial charge in [-0.25, -0.2) is 22.0 Å². The van der Waals surface area contributed by atoms with Crippen molar-refractivity contribution in [3.63, 3.8) is 0 Å². The fraction of sp³-hybridized carbons (Fsp3) is 0.275. The second-order valence-electron chi connectivity index (χ2n) is 28.1. The molecule has 0 spiro atoms. The molecule has 0 saturated heterocycles. The quantitative estimate of drug-likeness (QED) is 0.0609. The average Bonchev–Trinajstić information content (AvgIpc) is 0.805. The van der Waals surface area contributed by atoms with E-state index in [0.29, 0.717) is 41.9 Å². The van der Waals surface area contributed by atoms with Crippen LogP contribution < -0.4 is 9.47 Å². The molecular weight excluding hydrogens is 1700 g/mol. The molecular formula is C91H88F9O5Y4-. The Balaban J connectivity index is 0.000000215. The monoisotopic (exact) mass is 1790 g/mol. The van der Waals surface area contributed by atoms with Crippen LogP contribution in [0.15, 0.2) is 218 Å². The molecule has 3 N–H and O–H groups in total. The van der Waals surface area contributed by atoms with E-state index in [1.165, 1.54) is 92.3 Å². The molecule has 3 saturated carbocycles. The summed E-state index contributed by atoms with van der Waals surface area (Å²) in [6.45, 7) is 11.4. The summed E-state index contributed by atoms with van der Waals surface area (Å²) in [4.78, 5) is 0. The third-order valence-electron chi connectivity index (χ3n) is 20.2. The number of phenolic OH excluding ortho intramolecular Hbond substituents is 3. The van der Waals surface area contributed by atoms with Gasteiger partial charge in [0.2, 0.25) is 23.3 Å². The van der Waals surface area contributed by atoms with Crippen LogP contribution in [0.1, 0.15) is 108 Å². The summed E-state index contributed by atoms with van der Waals surface area (Å²) in [6, 6.07) is 66.3. The average molecular weight is 1790 g/mol. The smallest absolute Gasteiger partial charge is 0.204 e. The topological polar surface area (TPSA) is 79.2 Å². The van der Waals surface area contributed by atoms with Crippen LogP contribution in [0.5, 0.6) is 28.7 Å².